The van der Waals surface area contributed by atoms with E-state index in [0.29, 0.717) is 6.04 Å². The van der Waals surface area contributed by atoms with Gasteiger partial charge in [-0.1, -0.05) is 31.2 Å². The number of rotatable bonds is 4. The fourth-order valence-electron chi connectivity index (χ4n) is 6.16. The van der Waals surface area contributed by atoms with E-state index in [1.54, 1.807) is 18.5 Å². The predicted octanol–water partition coefficient (Wildman–Crippen LogP) is 4.03. The first kappa shape index (κ1) is 21.8. The quantitative estimate of drug-likeness (QED) is 0.700. The van der Waals surface area contributed by atoms with Gasteiger partial charge in [0, 0.05) is 56.5 Å². The van der Waals surface area contributed by atoms with Crippen LogP contribution in [0.2, 0.25) is 0 Å². The van der Waals surface area contributed by atoms with Crippen LogP contribution < -0.4 is 4.90 Å². The summed E-state index contributed by atoms with van der Waals surface area (Å²) in [6.45, 7) is 8.29. The second kappa shape index (κ2) is 8.75. The van der Waals surface area contributed by atoms with Crippen molar-refractivity contribution in [2.24, 2.45) is 0 Å². The van der Waals surface area contributed by atoms with Crippen molar-refractivity contribution in [3.8, 4) is 0 Å². The minimum absolute atomic E-state index is 0.160. The Balaban J connectivity index is 1.22. The van der Waals surface area contributed by atoms with Crippen molar-refractivity contribution >= 4 is 22.6 Å². The Labute approximate surface area is 195 Å². The number of likely N-dealkylation sites (tertiary alicyclic amines) is 1. The molecule has 1 aromatic heterocycles. The number of carbonyl (C=O) groups is 1. The van der Waals surface area contributed by atoms with Crippen LogP contribution in [-0.4, -0.2) is 64.3 Å². The van der Waals surface area contributed by atoms with Crippen LogP contribution in [-0.2, 0) is 16.6 Å². The molecule has 2 aliphatic heterocycles. The van der Waals surface area contributed by atoms with E-state index in [1.807, 2.05) is 11.9 Å². The number of carbonyl (C=O) groups excluding carboxylic acids is 1. The van der Waals surface area contributed by atoms with Crippen LogP contribution in [0.5, 0.6) is 0 Å². The lowest BCUT2D eigenvalue weighted by Gasteiger charge is -2.45. The zero-order valence-corrected chi connectivity index (χ0v) is 20.4. The zero-order chi connectivity index (χ0) is 22.3. The molecule has 1 spiro atoms. The molecule has 5 rings (SSSR count). The third kappa shape index (κ3) is 3.83. The lowest BCUT2D eigenvalue weighted by Crippen LogP contribution is -2.50. The van der Waals surface area contributed by atoms with Crippen LogP contribution in [0.1, 0.15) is 68.9 Å². The van der Waals surface area contributed by atoms with E-state index >= 15 is 0 Å². The van der Waals surface area contributed by atoms with Crippen molar-refractivity contribution in [3.05, 3.63) is 41.2 Å². The highest BCUT2D eigenvalue weighted by molar-refractivity contribution is 7.09. The molecule has 3 heterocycles. The second-order valence-corrected chi connectivity index (χ2v) is 10.5. The molecule has 0 unspecified atom stereocenters. The highest BCUT2D eigenvalue weighted by Gasteiger charge is 2.47. The summed E-state index contributed by atoms with van der Waals surface area (Å²) in [4.78, 5) is 23.9. The van der Waals surface area contributed by atoms with Gasteiger partial charge in [-0.25, -0.2) is 4.98 Å². The van der Waals surface area contributed by atoms with Gasteiger partial charge in [0.2, 0.25) is 11.0 Å². The van der Waals surface area contributed by atoms with E-state index in [0.717, 1.165) is 50.0 Å². The summed E-state index contributed by atoms with van der Waals surface area (Å²) < 4.78 is 4.46. The summed E-state index contributed by atoms with van der Waals surface area (Å²) in [5.74, 6) is 1.13. The fourth-order valence-corrected chi connectivity index (χ4v) is 6.96. The van der Waals surface area contributed by atoms with E-state index in [-0.39, 0.29) is 17.4 Å². The van der Waals surface area contributed by atoms with E-state index in [2.05, 4.69) is 50.3 Å². The first-order valence-electron chi connectivity index (χ1n) is 12.1. The van der Waals surface area contributed by atoms with Crippen molar-refractivity contribution in [3.63, 3.8) is 0 Å². The Morgan fingerprint density at radius 1 is 1.19 bits per heavy atom. The molecule has 0 radical (unpaired) electrons. The Morgan fingerprint density at radius 3 is 2.56 bits per heavy atom. The van der Waals surface area contributed by atoms with Crippen molar-refractivity contribution in [1.82, 2.24) is 19.2 Å². The SMILES string of the molecule is CCc1nsc(N2CCC(N3CCC4(CC3)C[C@H](N(C)C(C)=O)c3ccccc34)CC2)n1. The smallest absolute Gasteiger partial charge is 0.219 e. The molecule has 3 aliphatic rings. The Bertz CT molecular complexity index is 959. The second-order valence-electron chi connectivity index (χ2n) is 9.82. The molecule has 2 saturated heterocycles. The summed E-state index contributed by atoms with van der Waals surface area (Å²) in [6, 6.07) is 9.77. The van der Waals surface area contributed by atoms with Crippen LogP contribution in [0.3, 0.4) is 0 Å². The van der Waals surface area contributed by atoms with Gasteiger partial charge in [-0.05, 0) is 56.3 Å². The molecule has 6 nitrogen and oxygen atoms in total. The number of anilines is 1. The lowest BCUT2D eigenvalue weighted by molar-refractivity contribution is -0.130. The predicted molar refractivity (Wildman–Crippen MR) is 129 cm³/mol. The van der Waals surface area contributed by atoms with Gasteiger partial charge in [-0.2, -0.15) is 4.37 Å². The number of piperidine rings is 2. The van der Waals surface area contributed by atoms with Crippen molar-refractivity contribution in [2.45, 2.75) is 69.9 Å². The average Bonchev–Trinajstić information content (AvgIpc) is 3.43. The molecule has 1 aliphatic carbocycles. The molecular formula is C25H35N5OS. The van der Waals surface area contributed by atoms with Crippen molar-refractivity contribution < 1.29 is 4.79 Å². The molecule has 1 aromatic carbocycles. The fraction of sp³-hybridized carbons (Fsp3) is 0.640. The maximum atomic E-state index is 12.1. The highest BCUT2D eigenvalue weighted by Crippen LogP contribution is 2.52. The number of aromatic nitrogens is 2. The number of hydrogen-bond donors (Lipinski definition) is 0. The maximum Gasteiger partial charge on any atom is 0.219 e. The van der Waals surface area contributed by atoms with Crippen molar-refractivity contribution in [2.75, 3.05) is 38.1 Å². The Kier molecular flexibility index (Phi) is 5.97. The van der Waals surface area contributed by atoms with E-state index in [9.17, 15) is 4.79 Å². The summed E-state index contributed by atoms with van der Waals surface area (Å²) in [5, 5.41) is 1.10. The molecule has 0 saturated carbocycles. The average molecular weight is 454 g/mol. The summed E-state index contributed by atoms with van der Waals surface area (Å²) in [6.07, 6.45) is 6.80. The maximum absolute atomic E-state index is 12.1. The van der Waals surface area contributed by atoms with Gasteiger partial charge in [0.15, 0.2) is 0 Å². The van der Waals surface area contributed by atoms with E-state index < -0.39 is 0 Å². The number of amides is 1. The molecule has 2 aromatic rings. The number of hydrogen-bond acceptors (Lipinski definition) is 6. The van der Waals surface area contributed by atoms with Gasteiger partial charge in [0.1, 0.15) is 5.82 Å². The highest BCUT2D eigenvalue weighted by atomic mass is 32.1. The van der Waals surface area contributed by atoms with E-state index in [1.165, 1.54) is 36.8 Å². The number of aryl methyl sites for hydroxylation is 1. The van der Waals surface area contributed by atoms with Crippen LogP contribution in [0.15, 0.2) is 24.3 Å². The summed E-state index contributed by atoms with van der Waals surface area (Å²) in [5.41, 5.74) is 3.09. The lowest BCUT2D eigenvalue weighted by atomic mass is 9.73. The van der Waals surface area contributed by atoms with Crippen LogP contribution in [0, 0.1) is 0 Å². The molecule has 2 fully saturated rings. The first-order valence-corrected chi connectivity index (χ1v) is 12.9. The normalized spacial score (nSPS) is 23.5. The largest absolute Gasteiger partial charge is 0.347 e. The number of fused-ring (bicyclic) bond motifs is 2. The van der Waals surface area contributed by atoms with Gasteiger partial charge < -0.3 is 14.7 Å². The third-order valence-corrected chi connectivity index (χ3v) is 9.03. The number of nitrogens with zero attached hydrogens (tertiary/aromatic N) is 5. The molecule has 0 bridgehead atoms. The minimum Gasteiger partial charge on any atom is -0.347 e. The molecular weight excluding hydrogens is 418 g/mol. The molecule has 1 atom stereocenters. The van der Waals surface area contributed by atoms with Crippen LogP contribution in [0.25, 0.3) is 0 Å². The zero-order valence-electron chi connectivity index (χ0n) is 19.6. The number of benzene rings is 1. The third-order valence-electron chi connectivity index (χ3n) is 8.22. The summed E-state index contributed by atoms with van der Waals surface area (Å²) >= 11 is 1.55. The molecule has 7 heteroatoms. The van der Waals surface area contributed by atoms with Crippen LogP contribution >= 0.6 is 11.5 Å². The van der Waals surface area contributed by atoms with Crippen LogP contribution in [0.4, 0.5) is 5.13 Å². The van der Waals surface area contributed by atoms with Crippen molar-refractivity contribution in [1.29, 1.82) is 0 Å². The van der Waals surface area contributed by atoms with E-state index in [4.69, 9.17) is 0 Å². The monoisotopic (exact) mass is 453 g/mol. The summed E-state index contributed by atoms with van der Waals surface area (Å²) in [7, 11) is 1.97. The standard InChI is InChI=1S/C25H35N5OS/c1-4-23-26-24(32-27-23)30-13-9-19(10-14-30)29-15-11-25(12-16-29)17-22(28(3)18(2)31)20-7-5-6-8-21(20)25/h5-8,19,22H,4,9-17H2,1-3H3/t22-/m0/s1. The Hall–Kier alpha value is -1.99. The van der Waals surface area contributed by atoms with Gasteiger partial charge in [0.25, 0.3) is 0 Å². The molecule has 1 amide bonds. The molecule has 32 heavy (non-hydrogen) atoms. The van der Waals surface area contributed by atoms with Gasteiger partial charge >= 0.3 is 0 Å². The molecule has 172 valence electrons. The minimum atomic E-state index is 0.160. The van der Waals surface area contributed by atoms with Gasteiger partial charge in [-0.3, -0.25) is 4.79 Å². The topological polar surface area (TPSA) is 52.6 Å². The van der Waals surface area contributed by atoms with Gasteiger partial charge in [0.05, 0.1) is 6.04 Å². The molecule has 0 N–H and O–H groups in total. The first-order chi connectivity index (χ1) is 15.5. The Morgan fingerprint density at radius 2 is 1.91 bits per heavy atom. The van der Waals surface area contributed by atoms with Gasteiger partial charge in [-0.15, -0.1) is 0 Å².